The number of hydrogen-bond donors (Lipinski definition) is 1. The number of carbonyl (C=O) groups is 1. The van der Waals surface area contributed by atoms with Gasteiger partial charge in [0.25, 0.3) is 0 Å². The molecular formula is C21H29N3O2S. The molecule has 0 unspecified atom stereocenters. The minimum absolute atomic E-state index is 0.0213. The van der Waals surface area contributed by atoms with E-state index in [-0.39, 0.29) is 17.9 Å². The lowest BCUT2D eigenvalue weighted by atomic mass is 9.83. The molecule has 1 aliphatic heterocycles. The second-order valence-electron chi connectivity index (χ2n) is 8.76. The molecule has 146 valence electrons. The molecule has 3 heterocycles. The van der Waals surface area contributed by atoms with Crippen molar-refractivity contribution in [3.63, 3.8) is 0 Å². The van der Waals surface area contributed by atoms with Gasteiger partial charge in [0, 0.05) is 29.4 Å². The average Bonchev–Trinajstić information content (AvgIpc) is 3.21. The number of carbonyl (C=O) groups excluding carboxylic acids is 1. The van der Waals surface area contributed by atoms with E-state index >= 15 is 0 Å². The van der Waals surface area contributed by atoms with Crippen LogP contribution in [0, 0.1) is 5.92 Å². The van der Waals surface area contributed by atoms with Crippen molar-refractivity contribution < 1.29 is 9.53 Å². The first kappa shape index (κ1) is 20.0. The molecule has 0 amide bonds. The summed E-state index contributed by atoms with van der Waals surface area (Å²) < 4.78 is 5.84. The summed E-state index contributed by atoms with van der Waals surface area (Å²) in [6, 6.07) is 4.19. The van der Waals surface area contributed by atoms with E-state index in [1.54, 1.807) is 23.7 Å². The number of hydrogen-bond acceptors (Lipinski definition) is 6. The Morgan fingerprint density at radius 2 is 2.19 bits per heavy atom. The maximum atomic E-state index is 13.3. The van der Waals surface area contributed by atoms with Crippen molar-refractivity contribution in [1.82, 2.24) is 15.3 Å². The fraction of sp³-hybridized carbons (Fsp3) is 0.571. The Labute approximate surface area is 165 Å². The minimum Gasteiger partial charge on any atom is -0.459 e. The number of rotatable bonds is 5. The van der Waals surface area contributed by atoms with Gasteiger partial charge in [0.15, 0.2) is 0 Å². The van der Waals surface area contributed by atoms with E-state index in [1.807, 2.05) is 33.0 Å². The molecule has 6 heteroatoms. The van der Waals surface area contributed by atoms with Gasteiger partial charge in [-0.05, 0) is 51.0 Å². The second kappa shape index (κ2) is 7.68. The molecule has 1 fully saturated rings. The fourth-order valence-electron chi connectivity index (χ4n) is 3.91. The number of ether oxygens (including phenoxy) is 1. The first-order chi connectivity index (χ1) is 12.7. The lowest BCUT2D eigenvalue weighted by Crippen LogP contribution is -2.51. The van der Waals surface area contributed by atoms with Crippen molar-refractivity contribution in [3.8, 4) is 0 Å². The van der Waals surface area contributed by atoms with Gasteiger partial charge in [-0.3, -0.25) is 20.1 Å². The van der Waals surface area contributed by atoms with E-state index in [4.69, 9.17) is 4.74 Å². The van der Waals surface area contributed by atoms with Crippen LogP contribution in [-0.4, -0.2) is 27.1 Å². The predicted octanol–water partition coefficient (Wildman–Crippen LogP) is 4.48. The molecule has 1 saturated heterocycles. The molecule has 2 aromatic rings. The molecule has 0 spiro atoms. The predicted molar refractivity (Wildman–Crippen MR) is 108 cm³/mol. The maximum absolute atomic E-state index is 13.3. The van der Waals surface area contributed by atoms with Crippen LogP contribution in [0.15, 0.2) is 36.1 Å². The third-order valence-electron chi connectivity index (χ3n) is 4.76. The van der Waals surface area contributed by atoms with E-state index in [0.29, 0.717) is 12.3 Å². The fourth-order valence-corrected chi connectivity index (χ4v) is 4.75. The molecule has 5 nitrogen and oxygen atoms in total. The summed E-state index contributed by atoms with van der Waals surface area (Å²) in [5.41, 5.74) is -0.331. The molecular weight excluding hydrogens is 358 g/mol. The van der Waals surface area contributed by atoms with Crippen LogP contribution in [0.4, 0.5) is 0 Å². The highest BCUT2D eigenvalue weighted by atomic mass is 32.1. The van der Waals surface area contributed by atoms with Crippen LogP contribution < -0.4 is 5.32 Å². The zero-order valence-corrected chi connectivity index (χ0v) is 17.5. The van der Waals surface area contributed by atoms with Gasteiger partial charge in [0.2, 0.25) is 0 Å². The van der Waals surface area contributed by atoms with Gasteiger partial charge < -0.3 is 4.74 Å². The molecule has 3 atom stereocenters. The summed E-state index contributed by atoms with van der Waals surface area (Å²) in [5, 5.41) is 5.75. The van der Waals surface area contributed by atoms with Gasteiger partial charge in [-0.25, -0.2) is 0 Å². The van der Waals surface area contributed by atoms with Crippen LogP contribution in [0.5, 0.6) is 0 Å². The third-order valence-corrected chi connectivity index (χ3v) is 5.72. The van der Waals surface area contributed by atoms with Gasteiger partial charge in [0.1, 0.15) is 11.1 Å². The molecule has 3 rings (SSSR count). The summed E-state index contributed by atoms with van der Waals surface area (Å²) in [7, 11) is 0. The van der Waals surface area contributed by atoms with Gasteiger partial charge >= 0.3 is 5.97 Å². The summed E-state index contributed by atoms with van der Waals surface area (Å²) in [5.74, 6) is 0.259. The Hall–Kier alpha value is -1.79. The zero-order valence-electron chi connectivity index (χ0n) is 16.7. The largest absolute Gasteiger partial charge is 0.459 e. The van der Waals surface area contributed by atoms with Gasteiger partial charge in [-0.15, -0.1) is 11.3 Å². The molecule has 0 saturated carbocycles. The average molecular weight is 388 g/mol. The Kier molecular flexibility index (Phi) is 5.68. The molecule has 2 aromatic heterocycles. The number of aromatic nitrogens is 2. The zero-order chi connectivity index (χ0) is 19.7. The first-order valence-corrected chi connectivity index (χ1v) is 10.4. The van der Waals surface area contributed by atoms with Crippen molar-refractivity contribution in [1.29, 1.82) is 0 Å². The molecule has 1 aliphatic rings. The topological polar surface area (TPSA) is 64.1 Å². The third kappa shape index (κ3) is 4.55. The van der Waals surface area contributed by atoms with E-state index in [9.17, 15) is 4.79 Å². The van der Waals surface area contributed by atoms with Crippen LogP contribution in [0.1, 0.15) is 70.0 Å². The Balaban J connectivity index is 2.00. The molecule has 0 bridgehead atoms. The van der Waals surface area contributed by atoms with Crippen LogP contribution in [0.2, 0.25) is 0 Å². The highest BCUT2D eigenvalue weighted by Gasteiger charge is 2.53. The van der Waals surface area contributed by atoms with Crippen LogP contribution >= 0.6 is 11.3 Å². The van der Waals surface area contributed by atoms with Crippen LogP contribution in [0.3, 0.4) is 0 Å². The molecule has 0 aliphatic carbocycles. The van der Waals surface area contributed by atoms with Crippen molar-refractivity contribution in [2.45, 2.75) is 70.6 Å². The monoisotopic (exact) mass is 387 g/mol. The molecule has 0 aromatic carbocycles. The van der Waals surface area contributed by atoms with Crippen molar-refractivity contribution in [2.24, 2.45) is 5.92 Å². The second-order valence-corrected chi connectivity index (χ2v) is 9.74. The van der Waals surface area contributed by atoms with Gasteiger partial charge in [0.05, 0.1) is 11.7 Å². The van der Waals surface area contributed by atoms with E-state index in [0.717, 1.165) is 12.1 Å². The number of thiophene rings is 1. The first-order valence-electron chi connectivity index (χ1n) is 9.51. The quantitative estimate of drug-likeness (QED) is 0.766. The summed E-state index contributed by atoms with van der Waals surface area (Å²) in [6.07, 6.45) is 6.59. The van der Waals surface area contributed by atoms with Crippen molar-refractivity contribution >= 4 is 17.3 Å². The number of nitrogens with zero attached hydrogens (tertiary/aromatic N) is 2. The molecule has 0 radical (unpaired) electrons. The highest BCUT2D eigenvalue weighted by Crippen LogP contribution is 2.47. The number of nitrogens with one attached hydrogen (secondary N) is 1. The normalized spacial score (nSPS) is 25.7. The van der Waals surface area contributed by atoms with E-state index < -0.39 is 11.1 Å². The van der Waals surface area contributed by atoms with Crippen molar-refractivity contribution in [3.05, 3.63) is 46.7 Å². The van der Waals surface area contributed by atoms with E-state index in [2.05, 4.69) is 40.6 Å². The van der Waals surface area contributed by atoms with E-state index in [1.165, 1.54) is 4.88 Å². The SMILES string of the molecule is CC(C)C[C@@]1(C(=O)OC(C)(C)C)C[C@H](c2cnccn2)[C@H](c2cccs2)N1. The summed E-state index contributed by atoms with van der Waals surface area (Å²) in [6.45, 7) is 10.0. The molecule has 1 N–H and O–H groups in total. The van der Waals surface area contributed by atoms with Crippen LogP contribution in [0.25, 0.3) is 0 Å². The molecule has 27 heavy (non-hydrogen) atoms. The van der Waals surface area contributed by atoms with Gasteiger partial charge in [-0.2, -0.15) is 0 Å². The smallest absolute Gasteiger partial charge is 0.326 e. The maximum Gasteiger partial charge on any atom is 0.326 e. The Bertz CT molecular complexity index is 755. The number of esters is 1. The van der Waals surface area contributed by atoms with Crippen molar-refractivity contribution in [2.75, 3.05) is 0 Å². The van der Waals surface area contributed by atoms with Gasteiger partial charge in [-0.1, -0.05) is 19.9 Å². The summed E-state index contributed by atoms with van der Waals surface area (Å²) >= 11 is 1.70. The summed E-state index contributed by atoms with van der Waals surface area (Å²) in [4.78, 5) is 23.3. The Morgan fingerprint density at radius 3 is 2.74 bits per heavy atom. The minimum atomic E-state index is -0.724. The van der Waals surface area contributed by atoms with Crippen LogP contribution in [-0.2, 0) is 9.53 Å². The lowest BCUT2D eigenvalue weighted by molar-refractivity contribution is -0.163. The highest BCUT2D eigenvalue weighted by molar-refractivity contribution is 7.10. The lowest BCUT2D eigenvalue weighted by Gasteiger charge is -2.33. The standard InChI is InChI=1S/C21H29N3O2S/c1-14(2)11-21(19(25)26-20(3,4)5)12-15(16-13-22-8-9-23-16)18(24-21)17-7-6-10-27-17/h6-10,13-15,18,24H,11-12H2,1-5H3/t15-,18-,21+/m1/s1. The Morgan fingerprint density at radius 1 is 1.41 bits per heavy atom.